The predicted molar refractivity (Wildman–Crippen MR) is 58.9 cm³/mol. The van der Waals surface area contributed by atoms with E-state index in [2.05, 4.69) is 10.3 Å². The van der Waals surface area contributed by atoms with Crippen LogP contribution >= 0.6 is 11.6 Å². The average molecular weight is 257 g/mol. The molecule has 2 heterocycles. The summed E-state index contributed by atoms with van der Waals surface area (Å²) in [6.07, 6.45) is 2.37. The van der Waals surface area contributed by atoms with Crippen molar-refractivity contribution in [1.82, 2.24) is 15.0 Å². The third kappa shape index (κ3) is 2.82. The van der Waals surface area contributed by atoms with Gasteiger partial charge in [0.1, 0.15) is 17.2 Å². The molecule has 2 aromatic rings. The first-order valence-corrected chi connectivity index (χ1v) is 5.40. The van der Waals surface area contributed by atoms with Gasteiger partial charge in [-0.2, -0.15) is 0 Å². The Kier molecular flexibility index (Phi) is 3.38. The Morgan fingerprint density at radius 3 is 3.00 bits per heavy atom. The third-order valence-corrected chi connectivity index (χ3v) is 2.27. The number of rotatable bonds is 5. The minimum absolute atomic E-state index is 0.277. The monoisotopic (exact) mass is 256 g/mol. The SMILES string of the molecule is O=[N+]([O-])c1ccc(Cn2cc(CCCl)nn2)o1. The summed E-state index contributed by atoms with van der Waals surface area (Å²) < 4.78 is 6.55. The summed E-state index contributed by atoms with van der Waals surface area (Å²) in [7, 11) is 0. The van der Waals surface area contributed by atoms with E-state index >= 15 is 0 Å². The summed E-state index contributed by atoms with van der Waals surface area (Å²) in [6.45, 7) is 0.309. The van der Waals surface area contributed by atoms with Crippen molar-refractivity contribution in [2.75, 3.05) is 5.88 Å². The molecule has 0 amide bonds. The molecule has 0 saturated carbocycles. The average Bonchev–Trinajstić information content (AvgIpc) is 2.89. The molecule has 0 N–H and O–H groups in total. The van der Waals surface area contributed by atoms with Crippen molar-refractivity contribution in [3.63, 3.8) is 0 Å². The Hall–Kier alpha value is -1.89. The first-order valence-electron chi connectivity index (χ1n) is 4.87. The molecule has 0 aliphatic heterocycles. The summed E-state index contributed by atoms with van der Waals surface area (Å²) >= 11 is 5.57. The fraction of sp³-hybridized carbons (Fsp3) is 0.333. The molecule has 0 aliphatic carbocycles. The molecule has 7 nitrogen and oxygen atoms in total. The van der Waals surface area contributed by atoms with Gasteiger partial charge in [0.05, 0.1) is 11.8 Å². The molecule has 8 heteroatoms. The second-order valence-electron chi connectivity index (χ2n) is 3.34. The Labute approximate surface area is 101 Å². The molecule has 0 aliphatic rings. The van der Waals surface area contributed by atoms with Gasteiger partial charge in [-0.3, -0.25) is 10.1 Å². The van der Waals surface area contributed by atoms with Crippen LogP contribution in [0.2, 0.25) is 0 Å². The van der Waals surface area contributed by atoms with Crippen LogP contribution in [0.5, 0.6) is 0 Å². The number of hydrogen-bond donors (Lipinski definition) is 0. The number of aryl methyl sites for hydroxylation is 1. The maximum absolute atomic E-state index is 10.4. The number of halogens is 1. The molecular formula is C9H9ClN4O3. The minimum atomic E-state index is -0.580. The highest BCUT2D eigenvalue weighted by Gasteiger charge is 2.12. The standard InChI is InChI=1S/C9H9ClN4O3/c10-4-3-7-5-13(12-11-7)6-8-1-2-9(17-8)14(15)16/h1-2,5H,3-4,6H2. The van der Waals surface area contributed by atoms with Crippen molar-refractivity contribution in [3.05, 3.63) is 39.9 Å². The van der Waals surface area contributed by atoms with E-state index < -0.39 is 4.92 Å². The molecule has 0 saturated heterocycles. The van der Waals surface area contributed by atoms with Gasteiger partial charge in [0, 0.05) is 18.5 Å². The molecule has 0 bridgehead atoms. The summed E-state index contributed by atoms with van der Waals surface area (Å²) in [5, 5.41) is 18.2. The normalized spacial score (nSPS) is 10.6. The van der Waals surface area contributed by atoms with Crippen LogP contribution in [0.25, 0.3) is 0 Å². The molecule has 2 aromatic heterocycles. The minimum Gasteiger partial charge on any atom is -0.404 e. The largest absolute Gasteiger partial charge is 0.433 e. The summed E-state index contributed by atoms with van der Waals surface area (Å²) in [5.74, 6) is 0.658. The zero-order valence-electron chi connectivity index (χ0n) is 8.74. The van der Waals surface area contributed by atoms with Gasteiger partial charge in [0.25, 0.3) is 0 Å². The van der Waals surface area contributed by atoms with Crippen LogP contribution in [0.1, 0.15) is 11.5 Å². The molecule has 0 fully saturated rings. The Bertz CT molecular complexity index is 522. The molecule has 17 heavy (non-hydrogen) atoms. The van der Waals surface area contributed by atoms with Crippen LogP contribution < -0.4 is 0 Å². The van der Waals surface area contributed by atoms with Crippen molar-refractivity contribution in [2.24, 2.45) is 0 Å². The van der Waals surface area contributed by atoms with Gasteiger partial charge in [-0.15, -0.1) is 16.7 Å². The van der Waals surface area contributed by atoms with Crippen molar-refractivity contribution in [1.29, 1.82) is 0 Å². The van der Waals surface area contributed by atoms with E-state index in [0.29, 0.717) is 24.6 Å². The predicted octanol–water partition coefficient (Wildman–Crippen LogP) is 1.61. The van der Waals surface area contributed by atoms with Gasteiger partial charge in [-0.1, -0.05) is 5.21 Å². The van der Waals surface area contributed by atoms with Crippen molar-refractivity contribution in [2.45, 2.75) is 13.0 Å². The molecule has 0 aromatic carbocycles. The highest BCUT2D eigenvalue weighted by Crippen LogP contribution is 2.16. The molecule has 0 spiro atoms. The van der Waals surface area contributed by atoms with Crippen molar-refractivity contribution in [3.8, 4) is 0 Å². The zero-order valence-corrected chi connectivity index (χ0v) is 9.50. The van der Waals surface area contributed by atoms with Crippen LogP contribution in [-0.4, -0.2) is 25.8 Å². The maximum atomic E-state index is 10.4. The van der Waals surface area contributed by atoms with E-state index in [9.17, 15) is 10.1 Å². The summed E-state index contributed by atoms with van der Waals surface area (Å²) in [6, 6.07) is 2.85. The lowest BCUT2D eigenvalue weighted by atomic mass is 10.4. The topological polar surface area (TPSA) is 87.0 Å². The fourth-order valence-corrected chi connectivity index (χ4v) is 1.53. The highest BCUT2D eigenvalue weighted by atomic mass is 35.5. The van der Waals surface area contributed by atoms with Crippen LogP contribution in [0, 0.1) is 10.1 Å². The van der Waals surface area contributed by atoms with Crippen molar-refractivity contribution < 1.29 is 9.34 Å². The first kappa shape index (κ1) is 11.6. The number of nitro groups is 1. The van der Waals surface area contributed by atoms with Gasteiger partial charge in [0.2, 0.25) is 0 Å². The molecule has 0 unspecified atom stereocenters. The molecule has 2 rings (SSSR count). The third-order valence-electron chi connectivity index (χ3n) is 2.08. The van der Waals surface area contributed by atoms with Crippen LogP contribution in [0.4, 0.5) is 5.88 Å². The number of alkyl halides is 1. The lowest BCUT2D eigenvalue weighted by molar-refractivity contribution is -0.402. The number of hydrogen-bond acceptors (Lipinski definition) is 5. The second-order valence-corrected chi connectivity index (χ2v) is 3.72. The van der Waals surface area contributed by atoms with E-state index in [-0.39, 0.29) is 5.88 Å². The number of nitrogens with zero attached hydrogens (tertiary/aromatic N) is 4. The lowest BCUT2D eigenvalue weighted by Crippen LogP contribution is -1.99. The molecule has 90 valence electrons. The fourth-order valence-electron chi connectivity index (χ4n) is 1.34. The number of furan rings is 1. The summed E-state index contributed by atoms with van der Waals surface area (Å²) in [4.78, 5) is 9.84. The Morgan fingerprint density at radius 1 is 1.53 bits per heavy atom. The van der Waals surface area contributed by atoms with E-state index in [1.807, 2.05) is 0 Å². The summed E-state index contributed by atoms with van der Waals surface area (Å²) in [5.41, 5.74) is 0.779. The van der Waals surface area contributed by atoms with E-state index in [4.69, 9.17) is 16.0 Å². The van der Waals surface area contributed by atoms with Crippen LogP contribution in [-0.2, 0) is 13.0 Å². The van der Waals surface area contributed by atoms with Gasteiger partial charge >= 0.3 is 5.88 Å². The van der Waals surface area contributed by atoms with Gasteiger partial charge in [-0.25, -0.2) is 4.68 Å². The van der Waals surface area contributed by atoms with Gasteiger partial charge in [0.15, 0.2) is 0 Å². The molecular weight excluding hydrogens is 248 g/mol. The second kappa shape index (κ2) is 4.96. The van der Waals surface area contributed by atoms with Gasteiger partial charge < -0.3 is 4.42 Å². The zero-order chi connectivity index (χ0) is 12.3. The smallest absolute Gasteiger partial charge is 0.404 e. The van der Waals surface area contributed by atoms with E-state index in [0.717, 1.165) is 5.69 Å². The highest BCUT2D eigenvalue weighted by molar-refractivity contribution is 6.17. The molecule has 0 atom stereocenters. The Morgan fingerprint density at radius 2 is 2.35 bits per heavy atom. The van der Waals surface area contributed by atoms with Gasteiger partial charge in [-0.05, 0) is 6.07 Å². The lowest BCUT2D eigenvalue weighted by Gasteiger charge is -1.94. The van der Waals surface area contributed by atoms with Crippen LogP contribution in [0.3, 0.4) is 0 Å². The maximum Gasteiger partial charge on any atom is 0.433 e. The van der Waals surface area contributed by atoms with Crippen molar-refractivity contribution >= 4 is 17.5 Å². The number of aromatic nitrogens is 3. The quantitative estimate of drug-likeness (QED) is 0.461. The Balaban J connectivity index is 2.05. The van der Waals surface area contributed by atoms with E-state index in [1.54, 1.807) is 16.9 Å². The molecule has 0 radical (unpaired) electrons. The van der Waals surface area contributed by atoms with E-state index in [1.165, 1.54) is 6.07 Å². The first-order chi connectivity index (χ1) is 8.19. The van der Waals surface area contributed by atoms with Crippen LogP contribution in [0.15, 0.2) is 22.7 Å².